The van der Waals surface area contributed by atoms with Gasteiger partial charge in [-0.15, -0.1) is 0 Å². The molecule has 5 N–H and O–H groups in total. The topological polar surface area (TPSA) is 122 Å². The first-order chi connectivity index (χ1) is 7.84. The number of primary amides is 1. The summed E-state index contributed by atoms with van der Waals surface area (Å²) in [6.45, 7) is 5.45. The van der Waals surface area contributed by atoms with Gasteiger partial charge in [-0.3, -0.25) is 9.59 Å². The van der Waals surface area contributed by atoms with Crippen molar-refractivity contribution < 1.29 is 14.8 Å². The maximum atomic E-state index is 12.1. The van der Waals surface area contributed by atoms with E-state index in [1.807, 2.05) is 0 Å². The van der Waals surface area contributed by atoms with Crippen LogP contribution >= 0.6 is 0 Å². The first kappa shape index (κ1) is 15.2. The minimum Gasteiger partial charge on any atom is -0.409 e. The van der Waals surface area contributed by atoms with Crippen LogP contribution in [-0.2, 0) is 9.59 Å². The number of oxime groups is 1. The van der Waals surface area contributed by atoms with E-state index in [1.165, 1.54) is 4.90 Å². The molecule has 0 aromatic carbocycles. The third-order valence-corrected chi connectivity index (χ3v) is 2.41. The fourth-order valence-electron chi connectivity index (χ4n) is 1.55. The summed E-state index contributed by atoms with van der Waals surface area (Å²) in [6, 6.07) is 0. The second-order valence-electron chi connectivity index (χ2n) is 4.07. The van der Waals surface area contributed by atoms with Crippen LogP contribution in [0.2, 0.25) is 0 Å². The smallest absolute Gasteiger partial charge is 0.237 e. The number of hydrogen-bond acceptors (Lipinski definition) is 4. The van der Waals surface area contributed by atoms with Crippen molar-refractivity contribution in [2.24, 2.45) is 28.5 Å². The summed E-state index contributed by atoms with van der Waals surface area (Å²) >= 11 is 0. The van der Waals surface area contributed by atoms with Gasteiger partial charge in [0.25, 0.3) is 0 Å². The molecular formula is C10H20N4O3. The molecule has 0 aliphatic carbocycles. The molecule has 0 aliphatic rings. The number of nitrogens with zero attached hydrogens (tertiary/aromatic N) is 2. The molecule has 17 heavy (non-hydrogen) atoms. The Hall–Kier alpha value is -1.79. The molecule has 7 nitrogen and oxygen atoms in total. The molecule has 7 heteroatoms. The van der Waals surface area contributed by atoms with Crippen molar-refractivity contribution >= 4 is 17.6 Å². The minimum atomic E-state index is -0.751. The number of carbonyl (C=O) groups excluding carboxylic acids is 2. The largest absolute Gasteiger partial charge is 0.409 e. The van der Waals surface area contributed by atoms with Gasteiger partial charge in [0.05, 0.1) is 6.54 Å². The van der Waals surface area contributed by atoms with Crippen LogP contribution in [0.15, 0.2) is 5.16 Å². The van der Waals surface area contributed by atoms with Crippen LogP contribution < -0.4 is 11.5 Å². The number of rotatable bonds is 6. The van der Waals surface area contributed by atoms with E-state index in [2.05, 4.69) is 5.16 Å². The summed E-state index contributed by atoms with van der Waals surface area (Å²) in [6.07, 6.45) is 0. The highest BCUT2D eigenvalue weighted by Gasteiger charge is 2.30. The van der Waals surface area contributed by atoms with Gasteiger partial charge in [-0.2, -0.15) is 0 Å². The average Bonchev–Trinajstić information content (AvgIpc) is 2.24. The second-order valence-corrected chi connectivity index (χ2v) is 4.07. The number of amides is 2. The zero-order valence-corrected chi connectivity index (χ0v) is 10.4. The molecule has 0 rings (SSSR count). The fraction of sp³-hybridized carbons (Fsp3) is 0.700. The van der Waals surface area contributed by atoms with Gasteiger partial charge in [0, 0.05) is 6.54 Å². The fourth-order valence-corrected chi connectivity index (χ4v) is 1.55. The molecule has 0 saturated carbocycles. The molecule has 98 valence electrons. The Morgan fingerprint density at radius 1 is 1.35 bits per heavy atom. The lowest BCUT2D eigenvalue weighted by Gasteiger charge is -2.26. The van der Waals surface area contributed by atoms with Crippen LogP contribution in [-0.4, -0.2) is 40.8 Å². The van der Waals surface area contributed by atoms with Gasteiger partial charge in [-0.05, 0) is 12.8 Å². The third kappa shape index (κ3) is 4.29. The highest BCUT2D eigenvalue weighted by atomic mass is 16.4. The van der Waals surface area contributed by atoms with Crippen LogP contribution in [0.1, 0.15) is 20.8 Å². The van der Waals surface area contributed by atoms with Gasteiger partial charge in [-0.1, -0.05) is 19.0 Å². The lowest BCUT2D eigenvalue weighted by Crippen LogP contribution is -2.47. The molecule has 0 fully saturated rings. The normalized spacial score (nSPS) is 13.5. The molecule has 0 aromatic rings. The van der Waals surface area contributed by atoms with Crippen LogP contribution in [0, 0.1) is 11.8 Å². The molecule has 1 unspecified atom stereocenters. The van der Waals surface area contributed by atoms with Crippen molar-refractivity contribution in [2.45, 2.75) is 20.8 Å². The van der Waals surface area contributed by atoms with Gasteiger partial charge in [0.15, 0.2) is 5.84 Å². The summed E-state index contributed by atoms with van der Waals surface area (Å²) in [5.41, 5.74) is 10.5. The van der Waals surface area contributed by atoms with Crippen molar-refractivity contribution in [1.82, 2.24) is 4.90 Å². The predicted molar refractivity (Wildman–Crippen MR) is 63.2 cm³/mol. The van der Waals surface area contributed by atoms with E-state index in [4.69, 9.17) is 16.7 Å². The molecule has 0 aliphatic heterocycles. The minimum absolute atomic E-state index is 0.139. The van der Waals surface area contributed by atoms with E-state index >= 15 is 0 Å². The molecular weight excluding hydrogens is 224 g/mol. The van der Waals surface area contributed by atoms with Gasteiger partial charge < -0.3 is 21.6 Å². The number of hydrogen-bond donors (Lipinski definition) is 3. The van der Waals surface area contributed by atoms with Crippen LogP contribution in [0.4, 0.5) is 0 Å². The van der Waals surface area contributed by atoms with Gasteiger partial charge >= 0.3 is 0 Å². The molecule has 0 aromatic heterocycles. The Labute approximate surface area is 100 Å². The summed E-state index contributed by atoms with van der Waals surface area (Å²) in [5.74, 6) is -2.01. The molecule has 0 bridgehead atoms. The summed E-state index contributed by atoms with van der Waals surface area (Å²) < 4.78 is 0. The van der Waals surface area contributed by atoms with Crippen molar-refractivity contribution in [3.8, 4) is 0 Å². The Bertz CT molecular complexity index is 315. The Morgan fingerprint density at radius 2 is 1.88 bits per heavy atom. The highest BCUT2D eigenvalue weighted by molar-refractivity contribution is 6.03. The van der Waals surface area contributed by atoms with Crippen LogP contribution in [0.5, 0.6) is 0 Å². The van der Waals surface area contributed by atoms with Crippen molar-refractivity contribution in [3.63, 3.8) is 0 Å². The van der Waals surface area contributed by atoms with E-state index in [0.717, 1.165) is 0 Å². The van der Waals surface area contributed by atoms with Crippen molar-refractivity contribution in [1.29, 1.82) is 0 Å². The number of likely N-dealkylation sites (N-methyl/N-ethyl adjacent to an activating group) is 1. The van der Waals surface area contributed by atoms with Gasteiger partial charge in [0.2, 0.25) is 11.8 Å². The monoisotopic (exact) mass is 244 g/mol. The standard InChI is InChI=1S/C10H20N4O3/c1-4-14(5-7(11)15)10(16)8(6(2)3)9(12)13-17/h6,8,17H,4-5H2,1-3H3,(H2,11,15)(H2,12,13). The average molecular weight is 244 g/mol. The third-order valence-electron chi connectivity index (χ3n) is 2.41. The van der Waals surface area contributed by atoms with Crippen molar-refractivity contribution in [2.75, 3.05) is 13.1 Å². The zero-order chi connectivity index (χ0) is 13.6. The Kier molecular flexibility index (Phi) is 6.01. The summed E-state index contributed by atoms with van der Waals surface area (Å²) in [4.78, 5) is 24.2. The molecule has 2 amide bonds. The van der Waals surface area contributed by atoms with Gasteiger partial charge in [-0.25, -0.2) is 0 Å². The van der Waals surface area contributed by atoms with E-state index < -0.39 is 11.8 Å². The van der Waals surface area contributed by atoms with E-state index in [9.17, 15) is 9.59 Å². The van der Waals surface area contributed by atoms with E-state index in [0.29, 0.717) is 6.54 Å². The highest BCUT2D eigenvalue weighted by Crippen LogP contribution is 2.14. The SMILES string of the molecule is CCN(CC(N)=O)C(=O)C(C(N)=NO)C(C)C. The Balaban J connectivity index is 4.99. The molecule has 0 heterocycles. The van der Waals surface area contributed by atoms with E-state index in [1.54, 1.807) is 20.8 Å². The first-order valence-electron chi connectivity index (χ1n) is 5.39. The molecule has 0 radical (unpaired) electrons. The number of carbonyl (C=O) groups is 2. The van der Waals surface area contributed by atoms with Crippen LogP contribution in [0.3, 0.4) is 0 Å². The first-order valence-corrected chi connectivity index (χ1v) is 5.39. The number of amidine groups is 1. The number of nitrogens with two attached hydrogens (primary N) is 2. The summed E-state index contributed by atoms with van der Waals surface area (Å²) in [5, 5.41) is 11.5. The van der Waals surface area contributed by atoms with Crippen molar-refractivity contribution in [3.05, 3.63) is 0 Å². The lowest BCUT2D eigenvalue weighted by molar-refractivity contribution is -0.137. The maximum absolute atomic E-state index is 12.1. The van der Waals surface area contributed by atoms with E-state index in [-0.39, 0.29) is 24.2 Å². The Morgan fingerprint density at radius 3 is 2.18 bits per heavy atom. The molecule has 1 atom stereocenters. The van der Waals surface area contributed by atoms with Crippen LogP contribution in [0.25, 0.3) is 0 Å². The second kappa shape index (κ2) is 6.72. The maximum Gasteiger partial charge on any atom is 0.237 e. The quantitative estimate of drug-likeness (QED) is 0.248. The predicted octanol–water partition coefficient (Wildman–Crippen LogP) is -0.661. The lowest BCUT2D eigenvalue weighted by atomic mass is 9.93. The zero-order valence-electron chi connectivity index (χ0n) is 10.4. The molecule has 0 spiro atoms. The summed E-state index contributed by atoms with van der Waals surface area (Å²) in [7, 11) is 0. The van der Waals surface area contributed by atoms with Gasteiger partial charge in [0.1, 0.15) is 5.92 Å². The molecule has 0 saturated heterocycles.